The number of aromatic nitrogens is 1. The number of carbonyl (C=O) groups excluding carboxylic acids is 1. The van der Waals surface area contributed by atoms with E-state index in [9.17, 15) is 9.18 Å². The average molecular weight is 313 g/mol. The lowest BCUT2D eigenvalue weighted by atomic mass is 10.0. The lowest BCUT2D eigenvalue weighted by Gasteiger charge is -2.24. The standard InChI is InChI=1S/C18H20FN3O/c19-12-3-4-16-14(9-12)15(10-17(22-16)11-1-2-11)18(23)21-13-5-7-20-8-6-13/h3-4,9-11,13,20H,1-2,5-8H2,(H,21,23). The fourth-order valence-corrected chi connectivity index (χ4v) is 3.22. The van der Waals surface area contributed by atoms with E-state index in [1.165, 1.54) is 12.1 Å². The molecular formula is C18H20FN3O. The van der Waals surface area contributed by atoms with Crippen molar-refractivity contribution in [2.45, 2.75) is 37.6 Å². The monoisotopic (exact) mass is 313 g/mol. The lowest BCUT2D eigenvalue weighted by Crippen LogP contribution is -2.42. The molecule has 120 valence electrons. The van der Waals surface area contributed by atoms with Crippen LogP contribution in [0.3, 0.4) is 0 Å². The molecule has 1 aromatic carbocycles. The summed E-state index contributed by atoms with van der Waals surface area (Å²) in [5.41, 5.74) is 2.21. The summed E-state index contributed by atoms with van der Waals surface area (Å²) in [6.45, 7) is 1.84. The van der Waals surface area contributed by atoms with Crippen LogP contribution in [0.25, 0.3) is 10.9 Å². The van der Waals surface area contributed by atoms with Gasteiger partial charge in [0.1, 0.15) is 5.82 Å². The quantitative estimate of drug-likeness (QED) is 0.916. The highest BCUT2D eigenvalue weighted by Crippen LogP contribution is 2.40. The second kappa shape index (κ2) is 5.89. The highest BCUT2D eigenvalue weighted by molar-refractivity contribution is 6.06. The van der Waals surface area contributed by atoms with Gasteiger partial charge in [-0.25, -0.2) is 4.39 Å². The molecule has 0 atom stereocenters. The van der Waals surface area contributed by atoms with Gasteiger partial charge >= 0.3 is 0 Å². The van der Waals surface area contributed by atoms with Gasteiger partial charge in [-0.3, -0.25) is 9.78 Å². The Kier molecular flexibility index (Phi) is 3.73. The van der Waals surface area contributed by atoms with Gasteiger partial charge in [-0.15, -0.1) is 0 Å². The number of benzene rings is 1. The number of piperidine rings is 1. The first-order valence-corrected chi connectivity index (χ1v) is 8.32. The summed E-state index contributed by atoms with van der Waals surface area (Å²) in [6, 6.07) is 6.52. The van der Waals surface area contributed by atoms with Crippen molar-refractivity contribution in [1.82, 2.24) is 15.6 Å². The Bertz CT molecular complexity index is 751. The van der Waals surface area contributed by atoms with Crippen LogP contribution in [0.1, 0.15) is 47.7 Å². The Hall–Kier alpha value is -2.01. The number of carbonyl (C=O) groups is 1. The second-order valence-electron chi connectivity index (χ2n) is 6.53. The van der Waals surface area contributed by atoms with E-state index in [0.29, 0.717) is 22.4 Å². The summed E-state index contributed by atoms with van der Waals surface area (Å²) >= 11 is 0. The highest BCUT2D eigenvalue weighted by Gasteiger charge is 2.27. The number of halogens is 1. The molecule has 2 heterocycles. The first kappa shape index (κ1) is 14.6. The predicted molar refractivity (Wildman–Crippen MR) is 87.0 cm³/mol. The third kappa shape index (κ3) is 3.06. The van der Waals surface area contributed by atoms with Crippen molar-refractivity contribution in [3.63, 3.8) is 0 Å². The predicted octanol–water partition coefficient (Wildman–Crippen LogP) is 2.73. The van der Waals surface area contributed by atoms with E-state index in [2.05, 4.69) is 15.6 Å². The fraction of sp³-hybridized carbons (Fsp3) is 0.444. The van der Waals surface area contributed by atoms with Crippen LogP contribution in [-0.2, 0) is 0 Å². The molecule has 2 N–H and O–H groups in total. The first-order chi connectivity index (χ1) is 11.2. The minimum absolute atomic E-state index is 0.114. The van der Waals surface area contributed by atoms with E-state index in [1.807, 2.05) is 6.07 Å². The van der Waals surface area contributed by atoms with Gasteiger partial charge in [0, 0.05) is 23.0 Å². The Morgan fingerprint density at radius 3 is 2.70 bits per heavy atom. The van der Waals surface area contributed by atoms with E-state index in [4.69, 9.17) is 0 Å². The van der Waals surface area contributed by atoms with Crippen LogP contribution in [-0.4, -0.2) is 30.0 Å². The minimum atomic E-state index is -0.339. The fourth-order valence-electron chi connectivity index (χ4n) is 3.22. The normalized spacial score (nSPS) is 19.0. The number of amides is 1. The molecule has 1 aliphatic carbocycles. The average Bonchev–Trinajstić information content (AvgIpc) is 3.39. The number of nitrogens with zero attached hydrogens (tertiary/aromatic N) is 1. The van der Waals surface area contributed by atoms with Crippen LogP contribution in [0.2, 0.25) is 0 Å². The van der Waals surface area contributed by atoms with Crippen molar-refractivity contribution in [1.29, 1.82) is 0 Å². The van der Waals surface area contributed by atoms with Crippen LogP contribution in [0.15, 0.2) is 24.3 Å². The molecule has 2 aliphatic rings. The number of nitrogens with one attached hydrogen (secondary N) is 2. The van der Waals surface area contributed by atoms with Gasteiger partial charge in [0.15, 0.2) is 0 Å². The molecule has 1 saturated heterocycles. The van der Waals surface area contributed by atoms with Crippen molar-refractivity contribution in [3.05, 3.63) is 41.3 Å². The van der Waals surface area contributed by atoms with Crippen LogP contribution in [0.4, 0.5) is 4.39 Å². The largest absolute Gasteiger partial charge is 0.349 e. The Labute approximate surface area is 134 Å². The van der Waals surface area contributed by atoms with Gasteiger partial charge in [-0.1, -0.05) is 0 Å². The molecule has 1 aromatic heterocycles. The number of rotatable bonds is 3. The van der Waals surface area contributed by atoms with Crippen molar-refractivity contribution < 1.29 is 9.18 Å². The van der Waals surface area contributed by atoms with E-state index in [0.717, 1.165) is 44.5 Å². The Balaban J connectivity index is 1.70. The smallest absolute Gasteiger partial charge is 0.252 e. The van der Waals surface area contributed by atoms with Crippen molar-refractivity contribution in [2.75, 3.05) is 13.1 Å². The number of fused-ring (bicyclic) bond motifs is 1. The maximum absolute atomic E-state index is 13.6. The molecule has 0 bridgehead atoms. The molecule has 0 radical (unpaired) electrons. The van der Waals surface area contributed by atoms with Crippen LogP contribution >= 0.6 is 0 Å². The molecule has 0 spiro atoms. The maximum atomic E-state index is 13.6. The van der Waals surface area contributed by atoms with E-state index < -0.39 is 0 Å². The summed E-state index contributed by atoms with van der Waals surface area (Å²) in [5, 5.41) is 6.99. The zero-order valence-corrected chi connectivity index (χ0v) is 12.9. The van der Waals surface area contributed by atoms with Gasteiger partial charge < -0.3 is 10.6 Å². The summed E-state index contributed by atoms with van der Waals surface area (Å²) in [7, 11) is 0. The molecule has 2 fully saturated rings. The summed E-state index contributed by atoms with van der Waals surface area (Å²) in [5.74, 6) is 0.000993. The van der Waals surface area contributed by atoms with Crippen molar-refractivity contribution >= 4 is 16.8 Å². The summed E-state index contributed by atoms with van der Waals surface area (Å²) < 4.78 is 13.6. The van der Waals surface area contributed by atoms with Crippen LogP contribution in [0.5, 0.6) is 0 Å². The Morgan fingerprint density at radius 1 is 1.17 bits per heavy atom. The lowest BCUT2D eigenvalue weighted by molar-refractivity contribution is 0.0931. The molecule has 4 rings (SSSR count). The molecule has 1 aliphatic heterocycles. The molecule has 5 heteroatoms. The van der Waals surface area contributed by atoms with Crippen LogP contribution in [0, 0.1) is 5.82 Å². The molecule has 2 aromatic rings. The van der Waals surface area contributed by atoms with Gasteiger partial charge in [-0.2, -0.15) is 0 Å². The summed E-state index contributed by atoms with van der Waals surface area (Å²) in [6.07, 6.45) is 4.10. The van der Waals surface area contributed by atoms with Gasteiger partial charge in [0.2, 0.25) is 0 Å². The zero-order chi connectivity index (χ0) is 15.8. The third-order valence-corrected chi connectivity index (χ3v) is 4.71. The van der Waals surface area contributed by atoms with Gasteiger partial charge in [0.25, 0.3) is 5.91 Å². The minimum Gasteiger partial charge on any atom is -0.349 e. The molecular weight excluding hydrogens is 293 g/mol. The molecule has 4 nitrogen and oxygen atoms in total. The third-order valence-electron chi connectivity index (χ3n) is 4.71. The number of hydrogen-bond donors (Lipinski definition) is 2. The number of hydrogen-bond acceptors (Lipinski definition) is 3. The topological polar surface area (TPSA) is 54.0 Å². The first-order valence-electron chi connectivity index (χ1n) is 8.32. The maximum Gasteiger partial charge on any atom is 0.252 e. The Morgan fingerprint density at radius 2 is 1.96 bits per heavy atom. The van der Waals surface area contributed by atoms with Gasteiger partial charge in [0.05, 0.1) is 11.1 Å². The van der Waals surface area contributed by atoms with Gasteiger partial charge in [-0.05, 0) is 63.0 Å². The van der Waals surface area contributed by atoms with E-state index in [1.54, 1.807) is 6.07 Å². The van der Waals surface area contributed by atoms with Crippen LogP contribution < -0.4 is 10.6 Å². The van der Waals surface area contributed by atoms with Crippen molar-refractivity contribution in [3.8, 4) is 0 Å². The highest BCUT2D eigenvalue weighted by atomic mass is 19.1. The molecule has 1 amide bonds. The van der Waals surface area contributed by atoms with Crippen molar-refractivity contribution in [2.24, 2.45) is 0 Å². The molecule has 0 unspecified atom stereocenters. The SMILES string of the molecule is O=C(NC1CCNCC1)c1cc(C2CC2)nc2ccc(F)cc12. The molecule has 1 saturated carbocycles. The zero-order valence-electron chi connectivity index (χ0n) is 12.9. The van der Waals surface area contributed by atoms with E-state index in [-0.39, 0.29) is 17.8 Å². The second-order valence-corrected chi connectivity index (χ2v) is 6.53. The van der Waals surface area contributed by atoms with E-state index >= 15 is 0 Å². The molecule has 23 heavy (non-hydrogen) atoms. The summed E-state index contributed by atoms with van der Waals surface area (Å²) in [4.78, 5) is 17.4. The number of pyridine rings is 1.